The highest BCUT2D eigenvalue weighted by atomic mass is 16.4. The lowest BCUT2D eigenvalue weighted by molar-refractivity contribution is -0.148. The topological polar surface area (TPSA) is 86.6 Å². The zero-order chi connectivity index (χ0) is 12.7. The van der Waals surface area contributed by atoms with Gasteiger partial charge in [0.1, 0.15) is 0 Å². The molecule has 0 bridgehead atoms. The summed E-state index contributed by atoms with van der Waals surface area (Å²) in [5.41, 5.74) is 1.03. The van der Waals surface area contributed by atoms with Crippen LogP contribution in [0.2, 0.25) is 0 Å². The summed E-state index contributed by atoms with van der Waals surface area (Å²) in [6.45, 7) is 0.681. The van der Waals surface area contributed by atoms with E-state index in [1.165, 1.54) is 0 Å². The van der Waals surface area contributed by atoms with Crippen molar-refractivity contribution in [3.63, 3.8) is 0 Å². The van der Waals surface area contributed by atoms with Gasteiger partial charge in [-0.3, -0.25) is 9.59 Å². The summed E-state index contributed by atoms with van der Waals surface area (Å²) in [5.74, 6) is -3.08. The van der Waals surface area contributed by atoms with Crippen molar-refractivity contribution in [3.8, 4) is 0 Å². The van der Waals surface area contributed by atoms with E-state index in [-0.39, 0.29) is 13.0 Å². The summed E-state index contributed by atoms with van der Waals surface area (Å²) in [5, 5.41) is 20.3. The largest absolute Gasteiger partial charge is 0.481 e. The Kier molecular flexibility index (Phi) is 5.16. The van der Waals surface area contributed by atoms with E-state index in [0.717, 1.165) is 5.56 Å². The number of carboxylic acid groups (broad SMARTS) is 2. The van der Waals surface area contributed by atoms with Gasteiger partial charge >= 0.3 is 11.9 Å². The minimum absolute atomic E-state index is 0.149. The Balaban J connectivity index is 2.37. The number of rotatable bonds is 7. The SMILES string of the molecule is O=C(O)CC(CNCc1ccccc1)C(=O)O. The van der Waals surface area contributed by atoms with Crippen LogP contribution in [-0.2, 0) is 16.1 Å². The van der Waals surface area contributed by atoms with Gasteiger partial charge in [0.25, 0.3) is 0 Å². The second-order valence-corrected chi connectivity index (χ2v) is 3.75. The van der Waals surface area contributed by atoms with Gasteiger partial charge in [-0.05, 0) is 5.56 Å². The van der Waals surface area contributed by atoms with Gasteiger partial charge in [-0.1, -0.05) is 30.3 Å². The standard InChI is InChI=1S/C12H15NO4/c14-11(15)6-10(12(16)17)8-13-7-9-4-2-1-3-5-9/h1-5,10,13H,6-8H2,(H,14,15)(H,16,17). The molecule has 0 saturated carbocycles. The fraction of sp³-hybridized carbons (Fsp3) is 0.333. The Morgan fingerprint density at radius 1 is 1.18 bits per heavy atom. The van der Waals surface area contributed by atoms with Gasteiger partial charge < -0.3 is 15.5 Å². The van der Waals surface area contributed by atoms with Crippen LogP contribution < -0.4 is 5.32 Å². The van der Waals surface area contributed by atoms with Crippen molar-refractivity contribution in [1.82, 2.24) is 5.32 Å². The third-order valence-electron chi connectivity index (χ3n) is 2.33. The summed E-state index contributed by atoms with van der Waals surface area (Å²) < 4.78 is 0. The molecule has 17 heavy (non-hydrogen) atoms. The number of carboxylic acids is 2. The van der Waals surface area contributed by atoms with Gasteiger partial charge in [-0.25, -0.2) is 0 Å². The highest BCUT2D eigenvalue weighted by Crippen LogP contribution is 2.03. The van der Waals surface area contributed by atoms with Gasteiger partial charge in [-0.2, -0.15) is 0 Å². The Bertz CT molecular complexity index is 377. The smallest absolute Gasteiger partial charge is 0.308 e. The molecule has 92 valence electrons. The minimum Gasteiger partial charge on any atom is -0.481 e. The van der Waals surface area contributed by atoms with Crippen LogP contribution in [0, 0.1) is 5.92 Å². The molecule has 0 aliphatic rings. The first-order valence-electron chi connectivity index (χ1n) is 5.29. The average Bonchev–Trinajstić information content (AvgIpc) is 2.28. The number of hydrogen-bond acceptors (Lipinski definition) is 3. The van der Waals surface area contributed by atoms with Crippen molar-refractivity contribution in [2.75, 3.05) is 6.54 Å². The molecular weight excluding hydrogens is 222 g/mol. The van der Waals surface area contributed by atoms with E-state index in [4.69, 9.17) is 10.2 Å². The monoisotopic (exact) mass is 237 g/mol. The van der Waals surface area contributed by atoms with E-state index in [2.05, 4.69) is 5.32 Å². The zero-order valence-electron chi connectivity index (χ0n) is 9.30. The quantitative estimate of drug-likeness (QED) is 0.657. The van der Waals surface area contributed by atoms with Crippen molar-refractivity contribution in [3.05, 3.63) is 35.9 Å². The van der Waals surface area contributed by atoms with Crippen LogP contribution in [0.1, 0.15) is 12.0 Å². The van der Waals surface area contributed by atoms with E-state index in [1.54, 1.807) is 0 Å². The molecule has 1 rings (SSSR count). The molecule has 0 amide bonds. The first-order valence-corrected chi connectivity index (χ1v) is 5.29. The van der Waals surface area contributed by atoms with E-state index in [0.29, 0.717) is 6.54 Å². The number of benzene rings is 1. The normalized spacial score (nSPS) is 12.0. The lowest BCUT2D eigenvalue weighted by atomic mass is 10.1. The summed E-state index contributed by atoms with van der Waals surface area (Å²) in [4.78, 5) is 21.2. The molecule has 1 aromatic carbocycles. The van der Waals surface area contributed by atoms with Gasteiger partial charge in [-0.15, -0.1) is 0 Å². The zero-order valence-corrected chi connectivity index (χ0v) is 9.30. The van der Waals surface area contributed by atoms with Crippen molar-refractivity contribution >= 4 is 11.9 Å². The molecule has 0 aromatic heterocycles. The second kappa shape index (κ2) is 6.65. The fourth-order valence-electron chi connectivity index (χ4n) is 1.44. The van der Waals surface area contributed by atoms with E-state index >= 15 is 0 Å². The highest BCUT2D eigenvalue weighted by molar-refractivity contribution is 5.77. The van der Waals surface area contributed by atoms with Gasteiger partial charge in [0.2, 0.25) is 0 Å². The summed E-state index contributed by atoms with van der Waals surface area (Å²) >= 11 is 0. The maximum atomic E-state index is 10.8. The molecule has 5 nitrogen and oxygen atoms in total. The van der Waals surface area contributed by atoms with Crippen LogP contribution in [0.25, 0.3) is 0 Å². The van der Waals surface area contributed by atoms with Crippen molar-refractivity contribution in [1.29, 1.82) is 0 Å². The number of nitrogens with one attached hydrogen (secondary N) is 1. The maximum Gasteiger partial charge on any atom is 0.308 e. The molecule has 1 aromatic rings. The number of carbonyl (C=O) groups is 2. The molecule has 1 unspecified atom stereocenters. The van der Waals surface area contributed by atoms with Gasteiger partial charge in [0, 0.05) is 13.1 Å². The third kappa shape index (κ3) is 5.12. The van der Waals surface area contributed by atoms with E-state index in [9.17, 15) is 9.59 Å². The van der Waals surface area contributed by atoms with Crippen LogP contribution >= 0.6 is 0 Å². The van der Waals surface area contributed by atoms with Crippen molar-refractivity contribution in [2.45, 2.75) is 13.0 Å². The Hall–Kier alpha value is -1.88. The lowest BCUT2D eigenvalue weighted by Gasteiger charge is -2.11. The molecule has 0 aliphatic carbocycles. The predicted octanol–water partition coefficient (Wildman–Crippen LogP) is 0.952. The first-order chi connectivity index (χ1) is 8.09. The predicted molar refractivity (Wildman–Crippen MR) is 61.5 cm³/mol. The molecule has 0 fully saturated rings. The van der Waals surface area contributed by atoms with Gasteiger partial charge in [0.15, 0.2) is 0 Å². The minimum atomic E-state index is -1.10. The summed E-state index contributed by atoms with van der Waals surface area (Å²) in [6.07, 6.45) is -0.364. The molecule has 3 N–H and O–H groups in total. The van der Waals surface area contributed by atoms with Crippen LogP contribution in [0.5, 0.6) is 0 Å². The van der Waals surface area contributed by atoms with Crippen molar-refractivity contribution < 1.29 is 19.8 Å². The van der Waals surface area contributed by atoms with Crippen LogP contribution in [0.4, 0.5) is 0 Å². The lowest BCUT2D eigenvalue weighted by Crippen LogP contribution is -2.30. The van der Waals surface area contributed by atoms with Crippen molar-refractivity contribution in [2.24, 2.45) is 5.92 Å². The van der Waals surface area contributed by atoms with E-state index in [1.807, 2.05) is 30.3 Å². The first kappa shape index (κ1) is 13.2. The molecule has 1 atom stereocenters. The summed E-state index contributed by atoms with van der Waals surface area (Å²) in [7, 11) is 0. The second-order valence-electron chi connectivity index (χ2n) is 3.75. The van der Waals surface area contributed by atoms with E-state index < -0.39 is 17.9 Å². The molecule has 0 spiro atoms. The summed E-state index contributed by atoms with van der Waals surface area (Å²) in [6, 6.07) is 9.51. The molecule has 0 saturated heterocycles. The third-order valence-corrected chi connectivity index (χ3v) is 2.33. The van der Waals surface area contributed by atoms with Crippen LogP contribution in [-0.4, -0.2) is 28.7 Å². The maximum absolute atomic E-state index is 10.8. The number of hydrogen-bond donors (Lipinski definition) is 3. The average molecular weight is 237 g/mol. The van der Waals surface area contributed by atoms with Crippen LogP contribution in [0.15, 0.2) is 30.3 Å². The fourth-order valence-corrected chi connectivity index (χ4v) is 1.44. The molecule has 0 heterocycles. The highest BCUT2D eigenvalue weighted by Gasteiger charge is 2.20. The van der Waals surface area contributed by atoms with Crippen LogP contribution in [0.3, 0.4) is 0 Å². The number of aliphatic carboxylic acids is 2. The molecule has 5 heteroatoms. The Morgan fingerprint density at radius 3 is 2.35 bits per heavy atom. The Morgan fingerprint density at radius 2 is 1.82 bits per heavy atom. The Labute approximate surface area is 99.1 Å². The molecule has 0 radical (unpaired) electrons. The van der Waals surface area contributed by atoms with Gasteiger partial charge in [0.05, 0.1) is 12.3 Å². The molecular formula is C12H15NO4. The molecule has 0 aliphatic heterocycles.